The van der Waals surface area contributed by atoms with Crippen molar-refractivity contribution in [2.75, 3.05) is 10.6 Å². The summed E-state index contributed by atoms with van der Waals surface area (Å²) in [7, 11) is 0. The van der Waals surface area contributed by atoms with E-state index in [1.54, 1.807) is 30.3 Å². The minimum Gasteiger partial charge on any atom is -0.459 e. The third kappa shape index (κ3) is 4.65. The molecule has 0 bridgehead atoms. The standard InChI is InChI=1S/C21H15Cl2N3O5/c22-12-3-5-14(15(10-12)25-20(28)17-2-1-9-30-17)24-19(27)7-8-26-16-6-4-13(23)11-18(16)31-21(26)29/h1-6,9-11H,7-8H2,(H,24,27)(H,25,28). The molecule has 158 valence electrons. The van der Waals surface area contributed by atoms with E-state index in [0.29, 0.717) is 32.5 Å². The zero-order chi connectivity index (χ0) is 22.0. The fourth-order valence-electron chi connectivity index (χ4n) is 3.00. The van der Waals surface area contributed by atoms with Gasteiger partial charge in [0.1, 0.15) is 0 Å². The van der Waals surface area contributed by atoms with Crippen LogP contribution in [0.15, 0.2) is 68.4 Å². The molecule has 0 saturated heterocycles. The summed E-state index contributed by atoms with van der Waals surface area (Å²) in [5, 5.41) is 6.19. The van der Waals surface area contributed by atoms with Crippen LogP contribution in [-0.2, 0) is 11.3 Å². The monoisotopic (exact) mass is 459 g/mol. The molecule has 0 aliphatic heterocycles. The molecule has 4 rings (SSSR count). The number of hydrogen-bond acceptors (Lipinski definition) is 5. The van der Waals surface area contributed by atoms with Gasteiger partial charge in [-0.05, 0) is 42.5 Å². The Morgan fingerprint density at radius 2 is 1.74 bits per heavy atom. The maximum Gasteiger partial charge on any atom is 0.419 e. The second-order valence-electron chi connectivity index (χ2n) is 6.55. The molecule has 4 aromatic rings. The molecular formula is C21H15Cl2N3O5. The van der Waals surface area contributed by atoms with Crippen molar-refractivity contribution in [1.29, 1.82) is 0 Å². The number of benzene rings is 2. The van der Waals surface area contributed by atoms with Gasteiger partial charge in [-0.3, -0.25) is 14.2 Å². The smallest absolute Gasteiger partial charge is 0.419 e. The first-order valence-corrected chi connectivity index (χ1v) is 9.89. The van der Waals surface area contributed by atoms with Crippen LogP contribution >= 0.6 is 23.2 Å². The summed E-state index contributed by atoms with van der Waals surface area (Å²) in [6.07, 6.45) is 1.37. The van der Waals surface area contributed by atoms with E-state index >= 15 is 0 Å². The highest BCUT2D eigenvalue weighted by molar-refractivity contribution is 6.31. The Bertz CT molecular complexity index is 1320. The highest BCUT2D eigenvalue weighted by atomic mass is 35.5. The number of halogens is 2. The van der Waals surface area contributed by atoms with Crippen molar-refractivity contribution in [1.82, 2.24) is 4.57 Å². The van der Waals surface area contributed by atoms with Gasteiger partial charge in [0.15, 0.2) is 11.3 Å². The van der Waals surface area contributed by atoms with E-state index in [2.05, 4.69) is 10.6 Å². The predicted molar refractivity (Wildman–Crippen MR) is 117 cm³/mol. The molecule has 2 aromatic carbocycles. The molecule has 0 aliphatic carbocycles. The number of aromatic nitrogens is 1. The van der Waals surface area contributed by atoms with Crippen LogP contribution in [0.25, 0.3) is 11.1 Å². The summed E-state index contributed by atoms with van der Waals surface area (Å²) in [6.45, 7) is 0.0982. The van der Waals surface area contributed by atoms with Crippen LogP contribution in [0.4, 0.5) is 11.4 Å². The number of rotatable bonds is 6. The van der Waals surface area contributed by atoms with Gasteiger partial charge in [0.2, 0.25) is 5.91 Å². The molecule has 0 atom stereocenters. The lowest BCUT2D eigenvalue weighted by molar-refractivity contribution is -0.116. The normalized spacial score (nSPS) is 10.9. The Kier molecular flexibility index (Phi) is 5.83. The van der Waals surface area contributed by atoms with Crippen LogP contribution in [0, 0.1) is 0 Å². The molecule has 2 amide bonds. The number of fused-ring (bicyclic) bond motifs is 1. The number of nitrogens with zero attached hydrogens (tertiary/aromatic N) is 1. The number of amides is 2. The highest BCUT2D eigenvalue weighted by Crippen LogP contribution is 2.27. The molecule has 0 unspecified atom stereocenters. The van der Waals surface area contributed by atoms with Crippen molar-refractivity contribution < 1.29 is 18.4 Å². The molecule has 0 radical (unpaired) electrons. The molecule has 31 heavy (non-hydrogen) atoms. The third-order valence-corrected chi connectivity index (χ3v) is 4.91. The largest absolute Gasteiger partial charge is 0.459 e. The van der Waals surface area contributed by atoms with Crippen molar-refractivity contribution in [3.63, 3.8) is 0 Å². The van der Waals surface area contributed by atoms with Gasteiger partial charge in [-0.1, -0.05) is 23.2 Å². The fraction of sp³-hybridized carbons (Fsp3) is 0.0952. The Morgan fingerprint density at radius 1 is 0.968 bits per heavy atom. The summed E-state index contributed by atoms with van der Waals surface area (Å²) in [4.78, 5) is 36.9. The van der Waals surface area contributed by atoms with E-state index in [9.17, 15) is 14.4 Å². The van der Waals surface area contributed by atoms with E-state index < -0.39 is 11.7 Å². The summed E-state index contributed by atoms with van der Waals surface area (Å²) in [6, 6.07) is 12.6. The van der Waals surface area contributed by atoms with Crippen LogP contribution in [-0.4, -0.2) is 16.4 Å². The summed E-state index contributed by atoms with van der Waals surface area (Å²) in [5.41, 5.74) is 1.55. The molecule has 10 heteroatoms. The van der Waals surface area contributed by atoms with E-state index in [1.807, 2.05) is 0 Å². The van der Waals surface area contributed by atoms with Crippen molar-refractivity contribution in [3.8, 4) is 0 Å². The van der Waals surface area contributed by atoms with Crippen LogP contribution in [0.3, 0.4) is 0 Å². The summed E-state index contributed by atoms with van der Waals surface area (Å²) in [5.74, 6) is -1.32. The molecule has 0 saturated carbocycles. The zero-order valence-corrected chi connectivity index (χ0v) is 17.4. The second kappa shape index (κ2) is 8.71. The van der Waals surface area contributed by atoms with E-state index in [0.717, 1.165) is 0 Å². The highest BCUT2D eigenvalue weighted by Gasteiger charge is 2.15. The lowest BCUT2D eigenvalue weighted by atomic mass is 10.2. The van der Waals surface area contributed by atoms with Gasteiger partial charge in [-0.2, -0.15) is 0 Å². The van der Waals surface area contributed by atoms with Crippen molar-refractivity contribution in [2.24, 2.45) is 0 Å². The maximum absolute atomic E-state index is 12.5. The first-order valence-electron chi connectivity index (χ1n) is 9.14. The number of oxazole rings is 1. The molecule has 0 aliphatic rings. The Balaban J connectivity index is 1.47. The number of hydrogen-bond donors (Lipinski definition) is 2. The topological polar surface area (TPSA) is 106 Å². The molecule has 0 fully saturated rings. The van der Waals surface area contributed by atoms with Gasteiger partial charge >= 0.3 is 5.76 Å². The first-order chi connectivity index (χ1) is 14.9. The molecule has 2 aromatic heterocycles. The number of furan rings is 1. The summed E-state index contributed by atoms with van der Waals surface area (Å²) >= 11 is 11.9. The average Bonchev–Trinajstić information content (AvgIpc) is 3.36. The maximum atomic E-state index is 12.5. The van der Waals surface area contributed by atoms with E-state index in [1.165, 1.54) is 29.0 Å². The van der Waals surface area contributed by atoms with Crippen molar-refractivity contribution in [2.45, 2.75) is 13.0 Å². The molecule has 8 nitrogen and oxygen atoms in total. The lowest BCUT2D eigenvalue weighted by Gasteiger charge is -2.12. The van der Waals surface area contributed by atoms with Gasteiger partial charge in [-0.15, -0.1) is 0 Å². The number of carbonyl (C=O) groups is 2. The van der Waals surface area contributed by atoms with Gasteiger partial charge < -0.3 is 19.5 Å². The van der Waals surface area contributed by atoms with Gasteiger partial charge in [-0.25, -0.2) is 4.79 Å². The number of anilines is 2. The SMILES string of the molecule is O=C(CCn1c(=O)oc2cc(Cl)ccc21)Nc1ccc(Cl)cc1NC(=O)c1ccco1. The molecule has 2 N–H and O–H groups in total. The van der Waals surface area contributed by atoms with Crippen LogP contribution < -0.4 is 16.4 Å². The molecule has 2 heterocycles. The van der Waals surface area contributed by atoms with Gasteiger partial charge in [0, 0.05) is 29.1 Å². The zero-order valence-electron chi connectivity index (χ0n) is 15.9. The Labute approximate surface area is 185 Å². The van der Waals surface area contributed by atoms with Gasteiger partial charge in [0.25, 0.3) is 5.91 Å². The van der Waals surface area contributed by atoms with Crippen LogP contribution in [0.2, 0.25) is 10.0 Å². The minimum atomic E-state index is -0.581. The molecular weight excluding hydrogens is 445 g/mol. The number of aryl methyl sites for hydroxylation is 1. The van der Waals surface area contributed by atoms with Crippen LogP contribution in [0.1, 0.15) is 17.0 Å². The molecule has 0 spiro atoms. The Hall–Kier alpha value is -3.49. The van der Waals surface area contributed by atoms with Gasteiger partial charge in [0.05, 0.1) is 23.2 Å². The summed E-state index contributed by atoms with van der Waals surface area (Å²) < 4.78 is 11.6. The van der Waals surface area contributed by atoms with Crippen LogP contribution in [0.5, 0.6) is 0 Å². The first kappa shape index (κ1) is 20.8. The van der Waals surface area contributed by atoms with Crippen molar-refractivity contribution in [3.05, 3.63) is 81.2 Å². The Morgan fingerprint density at radius 3 is 2.52 bits per heavy atom. The average molecular weight is 460 g/mol. The quantitative estimate of drug-likeness (QED) is 0.431. The minimum absolute atomic E-state index is 0.00857. The fourth-order valence-corrected chi connectivity index (χ4v) is 3.33. The number of carbonyl (C=O) groups excluding carboxylic acids is 2. The predicted octanol–water partition coefficient (Wildman–Crippen LogP) is 4.78. The van der Waals surface area contributed by atoms with E-state index in [4.69, 9.17) is 32.0 Å². The third-order valence-electron chi connectivity index (χ3n) is 4.44. The lowest BCUT2D eigenvalue weighted by Crippen LogP contribution is -2.20. The van der Waals surface area contributed by atoms with Crippen molar-refractivity contribution >= 4 is 57.5 Å². The van der Waals surface area contributed by atoms with E-state index in [-0.39, 0.29) is 24.6 Å². The second-order valence-corrected chi connectivity index (χ2v) is 7.42. The number of nitrogens with one attached hydrogen (secondary N) is 2.